The molecule has 18 heavy (non-hydrogen) atoms. The number of carbonyl (C=O) groups excluding carboxylic acids is 1. The van der Waals surface area contributed by atoms with Crippen LogP contribution in [-0.2, 0) is 23.7 Å². The lowest BCUT2D eigenvalue weighted by Crippen LogP contribution is -2.69. The van der Waals surface area contributed by atoms with Crippen molar-refractivity contribution in [2.45, 2.75) is 54.5 Å². The molecule has 5 nitrogen and oxygen atoms in total. The van der Waals surface area contributed by atoms with Crippen molar-refractivity contribution in [2.75, 3.05) is 7.11 Å². The summed E-state index contributed by atoms with van der Waals surface area (Å²) in [5, 5.41) is 0. The minimum absolute atomic E-state index is 0.112. The van der Waals surface area contributed by atoms with Gasteiger partial charge in [-0.05, 0) is 13.8 Å². The van der Waals surface area contributed by atoms with E-state index in [0.717, 1.165) is 0 Å². The Morgan fingerprint density at radius 3 is 2.44 bits per heavy atom. The second-order valence-corrected chi connectivity index (χ2v) is 6.63. The predicted octanol–water partition coefficient (Wildman–Crippen LogP) is 1.39. The number of alkyl halides is 2. The lowest BCUT2D eigenvalue weighted by molar-refractivity contribution is -0.261. The van der Waals surface area contributed by atoms with Gasteiger partial charge in [-0.25, -0.2) is 0 Å². The third-order valence-corrected chi connectivity index (χ3v) is 4.78. The molecule has 4 atom stereocenters. The molecule has 3 rings (SSSR count). The summed E-state index contributed by atoms with van der Waals surface area (Å²) in [6.07, 6.45) is -1.47. The van der Waals surface area contributed by atoms with Gasteiger partial charge in [-0.1, -0.05) is 23.2 Å². The van der Waals surface area contributed by atoms with Gasteiger partial charge in [-0.3, -0.25) is 4.79 Å². The summed E-state index contributed by atoms with van der Waals surface area (Å²) in [6.45, 7) is 3.58. The molecule has 1 spiro atoms. The Morgan fingerprint density at radius 2 is 1.94 bits per heavy atom. The molecule has 7 heteroatoms. The fourth-order valence-electron chi connectivity index (χ4n) is 2.86. The van der Waals surface area contributed by atoms with E-state index in [0.29, 0.717) is 0 Å². The van der Waals surface area contributed by atoms with Crippen LogP contribution in [0.2, 0.25) is 0 Å². The van der Waals surface area contributed by atoms with E-state index in [1.807, 2.05) is 0 Å². The molecule has 0 aromatic rings. The molecule has 3 aliphatic rings. The van der Waals surface area contributed by atoms with Gasteiger partial charge < -0.3 is 18.9 Å². The third kappa shape index (κ3) is 1.40. The van der Waals surface area contributed by atoms with Crippen LogP contribution in [0.4, 0.5) is 0 Å². The van der Waals surface area contributed by atoms with Crippen molar-refractivity contribution in [1.29, 1.82) is 0 Å². The van der Waals surface area contributed by atoms with E-state index in [1.54, 1.807) is 13.8 Å². The largest absolute Gasteiger partial charge is 0.353 e. The topological polar surface area (TPSA) is 54.0 Å². The third-order valence-electron chi connectivity index (χ3n) is 3.72. The van der Waals surface area contributed by atoms with E-state index in [9.17, 15) is 4.79 Å². The second-order valence-electron chi connectivity index (χ2n) is 5.31. The maximum absolute atomic E-state index is 11.6. The Bertz CT molecular complexity index is 410. The average Bonchev–Trinajstić information content (AvgIpc) is 2.73. The first kappa shape index (κ1) is 13.1. The van der Waals surface area contributed by atoms with Crippen molar-refractivity contribution >= 4 is 29.0 Å². The summed E-state index contributed by atoms with van der Waals surface area (Å²) < 4.78 is 20.9. The Kier molecular flexibility index (Phi) is 2.61. The maximum Gasteiger partial charge on any atom is 0.207 e. The van der Waals surface area contributed by atoms with Crippen molar-refractivity contribution in [3.8, 4) is 0 Å². The first-order chi connectivity index (χ1) is 8.23. The molecule has 2 aliphatic heterocycles. The van der Waals surface area contributed by atoms with Gasteiger partial charge in [0.15, 0.2) is 17.9 Å². The molecule has 1 unspecified atom stereocenters. The van der Waals surface area contributed by atoms with Crippen LogP contribution < -0.4 is 0 Å². The smallest absolute Gasteiger partial charge is 0.207 e. The van der Waals surface area contributed by atoms with Crippen LogP contribution in [0.3, 0.4) is 0 Å². The lowest BCUT2D eigenvalue weighted by atomic mass is 9.73. The molecule has 0 aromatic carbocycles. The predicted molar refractivity (Wildman–Crippen MR) is 62.5 cm³/mol. The van der Waals surface area contributed by atoms with E-state index >= 15 is 0 Å². The normalized spacial score (nSPS) is 48.3. The molecule has 0 radical (unpaired) electrons. The number of methoxy groups -OCH3 is 1. The second kappa shape index (κ2) is 3.59. The molecular formula is C11H14Cl2O5. The number of halogens is 2. The number of fused-ring (bicyclic) bond motifs is 2. The number of carbonyl (C=O) groups is 1. The van der Waals surface area contributed by atoms with E-state index in [2.05, 4.69) is 0 Å². The van der Waals surface area contributed by atoms with Crippen molar-refractivity contribution in [2.24, 2.45) is 0 Å². The molecule has 102 valence electrons. The summed E-state index contributed by atoms with van der Waals surface area (Å²) in [5.41, 5.74) is -1.08. The Morgan fingerprint density at radius 1 is 1.28 bits per heavy atom. The van der Waals surface area contributed by atoms with Crippen LogP contribution in [0.25, 0.3) is 0 Å². The van der Waals surface area contributed by atoms with Gasteiger partial charge in [0.05, 0.1) is 0 Å². The van der Waals surface area contributed by atoms with Crippen LogP contribution in [0, 0.1) is 0 Å². The quantitative estimate of drug-likeness (QED) is 0.685. The number of ketones is 1. The first-order valence-electron chi connectivity index (χ1n) is 5.71. The Hall–Kier alpha value is 0.0900. The summed E-state index contributed by atoms with van der Waals surface area (Å²) >= 11 is 12.2. The van der Waals surface area contributed by atoms with Crippen molar-refractivity contribution < 1.29 is 23.7 Å². The SMILES string of the molecule is CO[C@@H]1O[C@@]2(CC(=O)C2(Cl)Cl)[C@@H]2OC(C)(C)OC12. The Labute approximate surface area is 115 Å². The summed E-state index contributed by atoms with van der Waals surface area (Å²) in [7, 11) is 1.50. The standard InChI is InChI=1S/C11H14Cl2O5/c1-9(2)16-6-7(17-9)10(18-8(6)15-3)4-5(14)11(10,12)13/h6-8H,4H2,1-3H3/t6?,7-,8-,10+/m1/s1. The monoisotopic (exact) mass is 296 g/mol. The van der Waals surface area contributed by atoms with Crippen molar-refractivity contribution in [3.05, 3.63) is 0 Å². The van der Waals surface area contributed by atoms with Crippen molar-refractivity contribution in [3.63, 3.8) is 0 Å². The van der Waals surface area contributed by atoms with Gasteiger partial charge in [-0.2, -0.15) is 0 Å². The van der Waals surface area contributed by atoms with Gasteiger partial charge in [0.2, 0.25) is 4.33 Å². The number of hydrogen-bond acceptors (Lipinski definition) is 5. The van der Waals surface area contributed by atoms with E-state index in [-0.39, 0.29) is 12.2 Å². The minimum Gasteiger partial charge on any atom is -0.353 e. The molecular weight excluding hydrogens is 283 g/mol. The highest BCUT2D eigenvalue weighted by Gasteiger charge is 2.78. The average molecular weight is 297 g/mol. The summed E-state index contributed by atoms with van der Waals surface area (Å²) in [4.78, 5) is 11.6. The zero-order valence-corrected chi connectivity index (χ0v) is 11.7. The zero-order valence-electron chi connectivity index (χ0n) is 10.2. The maximum atomic E-state index is 11.6. The van der Waals surface area contributed by atoms with Gasteiger partial charge in [-0.15, -0.1) is 0 Å². The Balaban J connectivity index is 1.97. The zero-order chi connectivity index (χ0) is 13.3. The first-order valence-corrected chi connectivity index (χ1v) is 6.46. The molecule has 0 aromatic heterocycles. The number of rotatable bonds is 1. The minimum atomic E-state index is -1.60. The fourth-order valence-corrected chi connectivity index (χ4v) is 3.43. The van der Waals surface area contributed by atoms with E-state index in [1.165, 1.54) is 7.11 Å². The van der Waals surface area contributed by atoms with E-state index < -0.39 is 34.2 Å². The molecule has 0 bridgehead atoms. The molecule has 3 fully saturated rings. The van der Waals surface area contributed by atoms with Gasteiger partial charge in [0, 0.05) is 13.5 Å². The molecule has 1 saturated carbocycles. The van der Waals surface area contributed by atoms with Crippen LogP contribution in [-0.4, -0.2) is 47.1 Å². The molecule has 2 saturated heterocycles. The highest BCUT2D eigenvalue weighted by molar-refractivity contribution is 6.61. The van der Waals surface area contributed by atoms with Gasteiger partial charge >= 0.3 is 0 Å². The molecule has 2 heterocycles. The number of Topliss-reactive ketones (excluding diaryl/α,β-unsaturated/α-hetero) is 1. The van der Waals surface area contributed by atoms with Crippen LogP contribution in [0.5, 0.6) is 0 Å². The molecule has 0 amide bonds. The summed E-state index contributed by atoms with van der Waals surface area (Å²) in [6, 6.07) is 0. The molecule has 1 aliphatic carbocycles. The highest BCUT2D eigenvalue weighted by Crippen LogP contribution is 2.60. The lowest BCUT2D eigenvalue weighted by Gasteiger charge is -2.49. The van der Waals surface area contributed by atoms with Crippen LogP contribution in [0.15, 0.2) is 0 Å². The number of ether oxygens (including phenoxy) is 4. The fraction of sp³-hybridized carbons (Fsp3) is 0.909. The highest BCUT2D eigenvalue weighted by atomic mass is 35.5. The van der Waals surface area contributed by atoms with Gasteiger partial charge in [0.1, 0.15) is 17.8 Å². The van der Waals surface area contributed by atoms with Crippen LogP contribution >= 0.6 is 23.2 Å². The molecule has 0 N–H and O–H groups in total. The van der Waals surface area contributed by atoms with Crippen molar-refractivity contribution in [1.82, 2.24) is 0 Å². The summed E-state index contributed by atoms with van der Waals surface area (Å²) in [5.74, 6) is -1.04. The van der Waals surface area contributed by atoms with E-state index in [4.69, 9.17) is 42.1 Å². The van der Waals surface area contributed by atoms with Gasteiger partial charge in [0.25, 0.3) is 0 Å². The number of hydrogen-bond donors (Lipinski definition) is 0. The van der Waals surface area contributed by atoms with Crippen LogP contribution in [0.1, 0.15) is 20.3 Å².